The van der Waals surface area contributed by atoms with Crippen LogP contribution in [-0.2, 0) is 6.42 Å². The molecule has 0 spiro atoms. The standard InChI is InChI=1S/C21H22N4O/c1-14-12-16-8-4-6-10-18(16)25(14)21-13-20(22-15(2)23-21)24-17-9-5-7-11-19(17)26-3/h4-11,13-14H,12H2,1-3H3,(H,22,23,24). The Bertz CT molecular complexity index is 941. The van der Waals surface area contributed by atoms with E-state index in [2.05, 4.69) is 46.4 Å². The number of rotatable bonds is 4. The highest BCUT2D eigenvalue weighted by Gasteiger charge is 2.28. The summed E-state index contributed by atoms with van der Waals surface area (Å²) in [7, 11) is 1.67. The van der Waals surface area contributed by atoms with Crippen LogP contribution in [0.15, 0.2) is 54.6 Å². The number of anilines is 4. The van der Waals surface area contributed by atoms with Gasteiger partial charge in [0, 0.05) is 17.8 Å². The lowest BCUT2D eigenvalue weighted by atomic mass is 10.1. The summed E-state index contributed by atoms with van der Waals surface area (Å²) in [6.45, 7) is 4.15. The van der Waals surface area contributed by atoms with Crippen molar-refractivity contribution in [2.24, 2.45) is 0 Å². The van der Waals surface area contributed by atoms with E-state index < -0.39 is 0 Å². The molecule has 3 aromatic rings. The van der Waals surface area contributed by atoms with Crippen molar-refractivity contribution >= 4 is 23.0 Å². The highest BCUT2D eigenvalue weighted by atomic mass is 16.5. The summed E-state index contributed by atoms with van der Waals surface area (Å²) in [6, 6.07) is 18.7. The number of aryl methyl sites for hydroxylation is 1. The van der Waals surface area contributed by atoms with Crippen LogP contribution < -0.4 is 15.0 Å². The number of hydrogen-bond acceptors (Lipinski definition) is 5. The van der Waals surface area contributed by atoms with Crippen LogP contribution in [0.25, 0.3) is 0 Å². The van der Waals surface area contributed by atoms with Gasteiger partial charge in [-0.2, -0.15) is 0 Å². The predicted molar refractivity (Wildman–Crippen MR) is 105 cm³/mol. The van der Waals surface area contributed by atoms with Crippen LogP contribution in [0.4, 0.5) is 23.0 Å². The SMILES string of the molecule is COc1ccccc1Nc1cc(N2c3ccccc3CC2C)nc(C)n1. The van der Waals surface area contributed by atoms with Gasteiger partial charge in [0.25, 0.3) is 0 Å². The Morgan fingerprint density at radius 3 is 2.69 bits per heavy atom. The van der Waals surface area contributed by atoms with Gasteiger partial charge in [-0.1, -0.05) is 30.3 Å². The van der Waals surface area contributed by atoms with Gasteiger partial charge in [-0.15, -0.1) is 0 Å². The Labute approximate surface area is 153 Å². The highest BCUT2D eigenvalue weighted by Crippen LogP contribution is 2.38. The maximum Gasteiger partial charge on any atom is 0.142 e. The third kappa shape index (κ3) is 2.96. The van der Waals surface area contributed by atoms with Crippen LogP contribution in [0.3, 0.4) is 0 Å². The zero-order valence-electron chi connectivity index (χ0n) is 15.2. The van der Waals surface area contributed by atoms with Crippen LogP contribution in [0, 0.1) is 6.92 Å². The van der Waals surface area contributed by atoms with Crippen molar-refractivity contribution in [1.82, 2.24) is 9.97 Å². The second kappa shape index (κ2) is 6.67. The molecule has 4 rings (SSSR count). The molecule has 5 heteroatoms. The van der Waals surface area contributed by atoms with Crippen LogP contribution in [0.5, 0.6) is 5.75 Å². The lowest BCUT2D eigenvalue weighted by Gasteiger charge is -2.24. The first-order valence-corrected chi connectivity index (χ1v) is 8.78. The predicted octanol–water partition coefficient (Wildman–Crippen LogP) is 4.62. The second-order valence-electron chi connectivity index (χ2n) is 6.54. The van der Waals surface area contributed by atoms with Gasteiger partial charge >= 0.3 is 0 Å². The van der Waals surface area contributed by atoms with Crippen LogP contribution >= 0.6 is 0 Å². The Hall–Kier alpha value is -3.08. The molecule has 1 N–H and O–H groups in total. The smallest absolute Gasteiger partial charge is 0.142 e. The van der Waals surface area contributed by atoms with Crippen LogP contribution in [0.1, 0.15) is 18.3 Å². The van der Waals surface area contributed by atoms with Crippen molar-refractivity contribution < 1.29 is 4.74 Å². The molecule has 1 unspecified atom stereocenters. The van der Waals surface area contributed by atoms with Crippen molar-refractivity contribution in [3.05, 3.63) is 66.0 Å². The van der Waals surface area contributed by atoms with E-state index in [0.717, 1.165) is 35.3 Å². The summed E-state index contributed by atoms with van der Waals surface area (Å²) < 4.78 is 5.43. The molecule has 2 aromatic carbocycles. The molecule has 0 saturated carbocycles. The number of ether oxygens (including phenoxy) is 1. The summed E-state index contributed by atoms with van der Waals surface area (Å²) in [5, 5.41) is 3.36. The number of nitrogens with zero attached hydrogens (tertiary/aromatic N) is 3. The number of hydrogen-bond donors (Lipinski definition) is 1. The molecular formula is C21H22N4O. The molecule has 0 bridgehead atoms. The van der Waals surface area contributed by atoms with Crippen molar-refractivity contribution in [1.29, 1.82) is 0 Å². The van der Waals surface area contributed by atoms with Gasteiger partial charge in [-0.05, 0) is 44.0 Å². The number of methoxy groups -OCH3 is 1. The third-order valence-corrected chi connectivity index (χ3v) is 4.65. The average Bonchev–Trinajstić information content (AvgIpc) is 2.97. The van der Waals surface area contributed by atoms with Crippen LogP contribution in [-0.4, -0.2) is 23.1 Å². The van der Waals surface area contributed by atoms with Gasteiger partial charge in [0.1, 0.15) is 23.2 Å². The normalized spacial score (nSPS) is 15.7. The lowest BCUT2D eigenvalue weighted by Crippen LogP contribution is -2.25. The summed E-state index contributed by atoms with van der Waals surface area (Å²) in [5.74, 6) is 3.18. The fourth-order valence-electron chi connectivity index (χ4n) is 3.54. The molecule has 132 valence electrons. The van der Waals surface area contributed by atoms with Crippen molar-refractivity contribution in [2.45, 2.75) is 26.3 Å². The number of benzene rings is 2. The van der Waals surface area contributed by atoms with E-state index in [-0.39, 0.29) is 0 Å². The number of nitrogens with one attached hydrogen (secondary N) is 1. The van der Waals surface area contributed by atoms with Crippen LogP contribution in [0.2, 0.25) is 0 Å². The molecule has 1 atom stereocenters. The van der Waals surface area contributed by atoms with Crippen molar-refractivity contribution in [2.75, 3.05) is 17.3 Å². The molecule has 1 aliphatic heterocycles. The maximum atomic E-state index is 5.43. The van der Waals surface area contributed by atoms with E-state index in [1.165, 1.54) is 11.3 Å². The minimum absolute atomic E-state index is 0.362. The van der Waals surface area contributed by atoms with Gasteiger partial charge in [-0.25, -0.2) is 9.97 Å². The van der Waals surface area contributed by atoms with Crippen molar-refractivity contribution in [3.8, 4) is 5.75 Å². The number of fused-ring (bicyclic) bond motifs is 1. The van der Waals surface area contributed by atoms with Gasteiger partial charge < -0.3 is 15.0 Å². The average molecular weight is 346 g/mol. The van der Waals surface area contributed by atoms with E-state index >= 15 is 0 Å². The molecular weight excluding hydrogens is 324 g/mol. The highest BCUT2D eigenvalue weighted by molar-refractivity contribution is 5.72. The molecule has 1 aliphatic rings. The summed E-state index contributed by atoms with van der Waals surface area (Å²) >= 11 is 0. The Balaban J connectivity index is 1.71. The first-order chi connectivity index (χ1) is 12.7. The summed E-state index contributed by atoms with van der Waals surface area (Å²) in [6.07, 6.45) is 1.02. The quantitative estimate of drug-likeness (QED) is 0.747. The monoisotopic (exact) mass is 346 g/mol. The largest absolute Gasteiger partial charge is 0.495 e. The first-order valence-electron chi connectivity index (χ1n) is 8.78. The minimum atomic E-state index is 0.362. The molecule has 0 radical (unpaired) electrons. The van der Waals surface area contributed by atoms with Gasteiger partial charge in [0.2, 0.25) is 0 Å². The summed E-state index contributed by atoms with van der Waals surface area (Å²) in [5.41, 5.74) is 3.46. The molecule has 0 aliphatic carbocycles. The molecule has 26 heavy (non-hydrogen) atoms. The first kappa shape index (κ1) is 16.4. The van der Waals surface area contributed by atoms with E-state index in [1.54, 1.807) is 7.11 Å². The minimum Gasteiger partial charge on any atom is -0.495 e. The molecule has 0 saturated heterocycles. The van der Waals surface area contributed by atoms with E-state index in [9.17, 15) is 0 Å². The lowest BCUT2D eigenvalue weighted by molar-refractivity contribution is 0.417. The van der Waals surface area contributed by atoms with E-state index in [4.69, 9.17) is 9.72 Å². The molecule has 5 nitrogen and oxygen atoms in total. The number of aromatic nitrogens is 2. The molecule has 2 heterocycles. The molecule has 1 aromatic heterocycles. The van der Waals surface area contributed by atoms with E-state index in [1.807, 2.05) is 37.3 Å². The van der Waals surface area contributed by atoms with E-state index in [0.29, 0.717) is 6.04 Å². The fraction of sp³-hybridized carbons (Fsp3) is 0.238. The fourth-order valence-corrected chi connectivity index (χ4v) is 3.54. The Morgan fingerprint density at radius 2 is 1.85 bits per heavy atom. The second-order valence-corrected chi connectivity index (χ2v) is 6.54. The zero-order valence-corrected chi connectivity index (χ0v) is 15.2. The third-order valence-electron chi connectivity index (χ3n) is 4.65. The molecule has 0 fully saturated rings. The zero-order chi connectivity index (χ0) is 18.1. The summed E-state index contributed by atoms with van der Waals surface area (Å²) in [4.78, 5) is 11.5. The number of para-hydroxylation sites is 3. The van der Waals surface area contributed by atoms with Crippen molar-refractivity contribution in [3.63, 3.8) is 0 Å². The van der Waals surface area contributed by atoms with Gasteiger partial charge in [-0.3, -0.25) is 0 Å². The topological polar surface area (TPSA) is 50.3 Å². The maximum absolute atomic E-state index is 5.43. The Morgan fingerprint density at radius 1 is 1.08 bits per heavy atom. The van der Waals surface area contributed by atoms with Gasteiger partial charge in [0.15, 0.2) is 0 Å². The molecule has 0 amide bonds. The Kier molecular flexibility index (Phi) is 4.21. The van der Waals surface area contributed by atoms with Gasteiger partial charge in [0.05, 0.1) is 12.8 Å².